The summed E-state index contributed by atoms with van der Waals surface area (Å²) >= 11 is 1.61. The Morgan fingerprint density at radius 3 is 2.94 bits per heavy atom. The fourth-order valence-electron chi connectivity index (χ4n) is 1.43. The highest BCUT2D eigenvalue weighted by atomic mass is 32.1. The molecule has 2 heterocycles. The Morgan fingerprint density at radius 1 is 1.38 bits per heavy atom. The van der Waals surface area contributed by atoms with Crippen molar-refractivity contribution in [1.82, 2.24) is 9.97 Å². The third kappa shape index (κ3) is 2.56. The van der Waals surface area contributed by atoms with Crippen molar-refractivity contribution in [3.05, 3.63) is 40.5 Å². The van der Waals surface area contributed by atoms with Gasteiger partial charge in [0.2, 0.25) is 0 Å². The minimum atomic E-state index is 0.471. The van der Waals surface area contributed by atoms with Crippen LogP contribution in [0.5, 0.6) is 0 Å². The number of hydrogen-bond acceptors (Lipinski definition) is 5. The predicted octanol–water partition coefficient (Wildman–Crippen LogP) is 1.63. The molecule has 2 rings (SSSR count). The SMILES string of the molecule is CN(Cc1cscn1)c1cccc(CN)n1. The normalized spacial score (nSPS) is 10.4. The van der Waals surface area contributed by atoms with Crippen molar-refractivity contribution in [3.8, 4) is 0 Å². The number of aromatic nitrogens is 2. The second-order valence-electron chi connectivity index (χ2n) is 3.53. The van der Waals surface area contributed by atoms with Crippen molar-refractivity contribution in [3.63, 3.8) is 0 Å². The molecule has 2 aromatic heterocycles. The highest BCUT2D eigenvalue weighted by Gasteiger charge is 2.05. The first-order valence-electron chi connectivity index (χ1n) is 5.04. The van der Waals surface area contributed by atoms with E-state index in [4.69, 9.17) is 5.73 Å². The molecule has 0 atom stereocenters. The number of hydrogen-bond donors (Lipinski definition) is 1. The van der Waals surface area contributed by atoms with Crippen LogP contribution in [0.4, 0.5) is 5.82 Å². The lowest BCUT2D eigenvalue weighted by Gasteiger charge is -2.17. The summed E-state index contributed by atoms with van der Waals surface area (Å²) in [6, 6.07) is 5.88. The van der Waals surface area contributed by atoms with Crippen LogP contribution in [-0.4, -0.2) is 17.0 Å². The standard InChI is InChI=1S/C11H14N4S/c1-15(6-10-7-16-8-13-10)11-4-2-3-9(5-12)14-11/h2-4,7-8H,5-6,12H2,1H3. The molecule has 5 heteroatoms. The molecular formula is C11H14N4S. The molecule has 0 aromatic carbocycles. The number of anilines is 1. The zero-order chi connectivity index (χ0) is 11.4. The first-order valence-corrected chi connectivity index (χ1v) is 5.98. The maximum absolute atomic E-state index is 5.56. The molecule has 0 radical (unpaired) electrons. The topological polar surface area (TPSA) is 55.0 Å². The summed E-state index contributed by atoms with van der Waals surface area (Å²) in [5.74, 6) is 0.927. The number of nitrogens with two attached hydrogens (primary N) is 1. The van der Waals surface area contributed by atoms with Gasteiger partial charge in [0.25, 0.3) is 0 Å². The molecule has 0 saturated carbocycles. The van der Waals surface area contributed by atoms with Crippen molar-refractivity contribution >= 4 is 17.2 Å². The highest BCUT2D eigenvalue weighted by Crippen LogP contribution is 2.13. The molecule has 16 heavy (non-hydrogen) atoms. The second-order valence-corrected chi connectivity index (χ2v) is 4.25. The molecule has 0 bridgehead atoms. The largest absolute Gasteiger partial charge is 0.354 e. The molecule has 84 valence electrons. The zero-order valence-electron chi connectivity index (χ0n) is 9.13. The van der Waals surface area contributed by atoms with E-state index in [1.165, 1.54) is 0 Å². The molecular weight excluding hydrogens is 220 g/mol. The van der Waals surface area contributed by atoms with E-state index in [0.29, 0.717) is 6.54 Å². The first-order chi connectivity index (χ1) is 7.79. The third-order valence-electron chi connectivity index (χ3n) is 2.27. The van der Waals surface area contributed by atoms with Crippen LogP contribution in [0, 0.1) is 0 Å². The number of thiazole rings is 1. The van der Waals surface area contributed by atoms with Gasteiger partial charge in [0, 0.05) is 19.0 Å². The molecule has 0 saturated heterocycles. The third-order valence-corrected chi connectivity index (χ3v) is 2.91. The van der Waals surface area contributed by atoms with E-state index in [1.807, 2.05) is 36.1 Å². The van der Waals surface area contributed by atoms with Gasteiger partial charge in [0.15, 0.2) is 0 Å². The Bertz CT molecular complexity index is 441. The van der Waals surface area contributed by atoms with Crippen LogP contribution in [0.3, 0.4) is 0 Å². The quantitative estimate of drug-likeness (QED) is 0.873. The molecule has 0 aliphatic rings. The van der Waals surface area contributed by atoms with E-state index in [0.717, 1.165) is 23.8 Å². The van der Waals surface area contributed by atoms with Gasteiger partial charge < -0.3 is 10.6 Å². The van der Waals surface area contributed by atoms with E-state index >= 15 is 0 Å². The summed E-state index contributed by atoms with van der Waals surface area (Å²) < 4.78 is 0. The summed E-state index contributed by atoms with van der Waals surface area (Å²) in [6.07, 6.45) is 0. The average molecular weight is 234 g/mol. The second kappa shape index (κ2) is 5.05. The maximum Gasteiger partial charge on any atom is 0.128 e. The fourth-order valence-corrected chi connectivity index (χ4v) is 1.98. The zero-order valence-corrected chi connectivity index (χ0v) is 9.94. The molecule has 0 aliphatic heterocycles. The van der Waals surface area contributed by atoms with Gasteiger partial charge in [0.05, 0.1) is 23.4 Å². The lowest BCUT2D eigenvalue weighted by Crippen LogP contribution is -2.18. The van der Waals surface area contributed by atoms with Crippen LogP contribution in [0.25, 0.3) is 0 Å². The molecule has 0 aliphatic carbocycles. The fraction of sp³-hybridized carbons (Fsp3) is 0.273. The highest BCUT2D eigenvalue weighted by molar-refractivity contribution is 7.07. The summed E-state index contributed by atoms with van der Waals surface area (Å²) in [4.78, 5) is 10.8. The molecule has 0 spiro atoms. The van der Waals surface area contributed by atoms with Gasteiger partial charge in [-0.2, -0.15) is 0 Å². The first kappa shape index (κ1) is 11.0. The van der Waals surface area contributed by atoms with Crippen molar-refractivity contribution in [1.29, 1.82) is 0 Å². The van der Waals surface area contributed by atoms with Gasteiger partial charge in [-0.15, -0.1) is 11.3 Å². The minimum Gasteiger partial charge on any atom is -0.354 e. The van der Waals surface area contributed by atoms with Crippen molar-refractivity contribution < 1.29 is 0 Å². The lowest BCUT2D eigenvalue weighted by molar-refractivity contribution is 0.859. The summed E-state index contributed by atoms with van der Waals surface area (Å²) in [5.41, 5.74) is 9.37. The Morgan fingerprint density at radius 2 is 2.25 bits per heavy atom. The maximum atomic E-state index is 5.56. The molecule has 0 fully saturated rings. The van der Waals surface area contributed by atoms with E-state index in [1.54, 1.807) is 11.3 Å². The summed E-state index contributed by atoms with van der Waals surface area (Å²) in [5, 5.41) is 2.04. The van der Waals surface area contributed by atoms with Crippen LogP contribution in [0.2, 0.25) is 0 Å². The van der Waals surface area contributed by atoms with Crippen LogP contribution < -0.4 is 10.6 Å². The van der Waals surface area contributed by atoms with Gasteiger partial charge in [0.1, 0.15) is 5.82 Å². The van der Waals surface area contributed by atoms with Gasteiger partial charge in [-0.05, 0) is 12.1 Å². The smallest absolute Gasteiger partial charge is 0.128 e. The van der Waals surface area contributed by atoms with Crippen LogP contribution in [0.15, 0.2) is 29.1 Å². The number of nitrogens with zero attached hydrogens (tertiary/aromatic N) is 3. The van der Waals surface area contributed by atoms with Gasteiger partial charge in [-0.25, -0.2) is 9.97 Å². The molecule has 0 amide bonds. The minimum absolute atomic E-state index is 0.471. The van der Waals surface area contributed by atoms with Crippen LogP contribution >= 0.6 is 11.3 Å². The van der Waals surface area contributed by atoms with Crippen LogP contribution in [0.1, 0.15) is 11.4 Å². The predicted molar refractivity (Wildman–Crippen MR) is 66.3 cm³/mol. The molecule has 0 unspecified atom stereocenters. The van der Waals surface area contributed by atoms with Gasteiger partial charge >= 0.3 is 0 Å². The van der Waals surface area contributed by atoms with E-state index in [-0.39, 0.29) is 0 Å². The van der Waals surface area contributed by atoms with Gasteiger partial charge in [-0.3, -0.25) is 0 Å². The molecule has 4 nitrogen and oxygen atoms in total. The van der Waals surface area contributed by atoms with E-state index in [2.05, 4.69) is 14.9 Å². The Balaban J connectivity index is 2.11. The summed E-state index contributed by atoms with van der Waals surface area (Å²) in [6.45, 7) is 1.24. The Kier molecular flexibility index (Phi) is 3.48. The van der Waals surface area contributed by atoms with E-state index < -0.39 is 0 Å². The van der Waals surface area contributed by atoms with Crippen molar-refractivity contribution in [2.45, 2.75) is 13.1 Å². The monoisotopic (exact) mass is 234 g/mol. The van der Waals surface area contributed by atoms with Crippen molar-refractivity contribution in [2.24, 2.45) is 5.73 Å². The Labute approximate surface area is 98.8 Å². The lowest BCUT2D eigenvalue weighted by atomic mass is 10.3. The number of rotatable bonds is 4. The van der Waals surface area contributed by atoms with Crippen molar-refractivity contribution in [2.75, 3.05) is 11.9 Å². The van der Waals surface area contributed by atoms with Crippen LogP contribution in [-0.2, 0) is 13.1 Å². The van der Waals surface area contributed by atoms with E-state index in [9.17, 15) is 0 Å². The molecule has 2 N–H and O–H groups in total. The molecule has 2 aromatic rings. The summed E-state index contributed by atoms with van der Waals surface area (Å²) in [7, 11) is 2.00. The Hall–Kier alpha value is -1.46. The average Bonchev–Trinajstić information content (AvgIpc) is 2.82. The number of pyridine rings is 1. The van der Waals surface area contributed by atoms with Gasteiger partial charge in [-0.1, -0.05) is 6.07 Å².